The standard InChI is InChI=1S/C10H10N6O/c11-6-1-2-8-7(3-6)15-10(17-8)12-4-9-13-5-14-16-9/h1-3,5H,4,11H2,(H,12,15)(H,13,14,16). The van der Waals surface area contributed by atoms with Crippen molar-refractivity contribution in [3.63, 3.8) is 0 Å². The Morgan fingerprint density at radius 1 is 1.41 bits per heavy atom. The van der Waals surface area contributed by atoms with E-state index in [2.05, 4.69) is 25.5 Å². The predicted molar refractivity (Wildman–Crippen MR) is 62.1 cm³/mol. The van der Waals surface area contributed by atoms with E-state index in [0.717, 1.165) is 5.52 Å². The third kappa shape index (κ3) is 1.89. The molecule has 7 heteroatoms. The molecule has 0 saturated heterocycles. The van der Waals surface area contributed by atoms with Crippen molar-refractivity contribution in [1.82, 2.24) is 20.2 Å². The first kappa shape index (κ1) is 9.64. The van der Waals surface area contributed by atoms with Crippen LogP contribution >= 0.6 is 0 Å². The Balaban J connectivity index is 1.81. The minimum Gasteiger partial charge on any atom is -0.424 e. The van der Waals surface area contributed by atoms with Crippen LogP contribution in [0, 0.1) is 0 Å². The first-order valence-electron chi connectivity index (χ1n) is 5.05. The lowest BCUT2D eigenvalue weighted by molar-refractivity contribution is 0.613. The second-order valence-corrected chi connectivity index (χ2v) is 3.53. The van der Waals surface area contributed by atoms with Gasteiger partial charge in [-0.1, -0.05) is 0 Å². The number of H-pyrrole nitrogens is 1. The highest BCUT2D eigenvalue weighted by atomic mass is 16.4. The van der Waals surface area contributed by atoms with Crippen molar-refractivity contribution in [3.8, 4) is 0 Å². The summed E-state index contributed by atoms with van der Waals surface area (Å²) in [6, 6.07) is 5.76. The molecule has 0 aliphatic heterocycles. The molecule has 3 rings (SSSR count). The van der Waals surface area contributed by atoms with Gasteiger partial charge in [-0.25, -0.2) is 4.98 Å². The van der Waals surface area contributed by atoms with Crippen LogP contribution in [0.3, 0.4) is 0 Å². The van der Waals surface area contributed by atoms with E-state index in [1.807, 2.05) is 0 Å². The highest BCUT2D eigenvalue weighted by Crippen LogP contribution is 2.20. The van der Waals surface area contributed by atoms with Crippen molar-refractivity contribution in [2.75, 3.05) is 11.1 Å². The van der Waals surface area contributed by atoms with Crippen molar-refractivity contribution in [1.29, 1.82) is 0 Å². The molecule has 0 spiro atoms. The number of hydrogen-bond acceptors (Lipinski definition) is 6. The van der Waals surface area contributed by atoms with Crippen LogP contribution in [0.1, 0.15) is 5.82 Å². The minimum atomic E-state index is 0.432. The first-order chi connectivity index (χ1) is 8.31. The molecule has 0 aliphatic rings. The highest BCUT2D eigenvalue weighted by molar-refractivity contribution is 5.78. The number of nitrogens with two attached hydrogens (primary N) is 1. The molecule has 2 heterocycles. The van der Waals surface area contributed by atoms with E-state index < -0.39 is 0 Å². The lowest BCUT2D eigenvalue weighted by Gasteiger charge is -1.95. The van der Waals surface area contributed by atoms with Crippen LogP contribution in [-0.2, 0) is 6.54 Å². The second kappa shape index (κ2) is 3.78. The van der Waals surface area contributed by atoms with Crippen LogP contribution in [0.2, 0.25) is 0 Å². The normalized spacial score (nSPS) is 10.8. The summed E-state index contributed by atoms with van der Waals surface area (Å²) in [7, 11) is 0. The van der Waals surface area contributed by atoms with Crippen molar-refractivity contribution in [2.45, 2.75) is 6.54 Å². The maximum atomic E-state index is 5.66. The molecule has 4 N–H and O–H groups in total. The largest absolute Gasteiger partial charge is 0.424 e. The molecule has 17 heavy (non-hydrogen) atoms. The van der Waals surface area contributed by atoms with E-state index >= 15 is 0 Å². The molecule has 0 saturated carbocycles. The van der Waals surface area contributed by atoms with Gasteiger partial charge >= 0.3 is 0 Å². The zero-order valence-electron chi connectivity index (χ0n) is 8.84. The van der Waals surface area contributed by atoms with Crippen molar-refractivity contribution in [3.05, 3.63) is 30.4 Å². The van der Waals surface area contributed by atoms with Gasteiger partial charge in [-0.05, 0) is 18.2 Å². The number of nitrogens with one attached hydrogen (secondary N) is 2. The number of oxazole rings is 1. The molecule has 1 aromatic carbocycles. The Labute approximate surface area is 96.1 Å². The van der Waals surface area contributed by atoms with Crippen LogP contribution in [0.4, 0.5) is 11.7 Å². The summed E-state index contributed by atoms with van der Waals surface area (Å²) in [6.07, 6.45) is 1.45. The van der Waals surface area contributed by atoms with Gasteiger partial charge in [-0.2, -0.15) is 10.1 Å². The van der Waals surface area contributed by atoms with Gasteiger partial charge in [0.15, 0.2) is 5.58 Å². The Bertz CT molecular complexity index is 629. The Kier molecular flexibility index (Phi) is 2.14. The van der Waals surface area contributed by atoms with E-state index in [0.29, 0.717) is 29.7 Å². The number of fused-ring (bicyclic) bond motifs is 1. The fourth-order valence-corrected chi connectivity index (χ4v) is 1.50. The van der Waals surface area contributed by atoms with Crippen LogP contribution in [0.15, 0.2) is 28.9 Å². The summed E-state index contributed by atoms with van der Waals surface area (Å²) in [5.41, 5.74) is 7.74. The molecule has 0 amide bonds. The molecule has 7 nitrogen and oxygen atoms in total. The van der Waals surface area contributed by atoms with Gasteiger partial charge < -0.3 is 15.5 Å². The summed E-state index contributed by atoms with van der Waals surface area (Å²) in [5, 5.41) is 9.49. The van der Waals surface area contributed by atoms with E-state index in [1.165, 1.54) is 6.33 Å². The average Bonchev–Trinajstić information content (AvgIpc) is 2.94. The Morgan fingerprint density at radius 2 is 2.35 bits per heavy atom. The first-order valence-corrected chi connectivity index (χ1v) is 5.05. The molecular weight excluding hydrogens is 220 g/mol. The molecule has 3 aromatic rings. The fourth-order valence-electron chi connectivity index (χ4n) is 1.50. The SMILES string of the molecule is Nc1ccc2oc(NCc3ncn[nH]3)nc2c1. The van der Waals surface area contributed by atoms with Crippen molar-refractivity contribution in [2.24, 2.45) is 0 Å². The zero-order chi connectivity index (χ0) is 11.7. The maximum absolute atomic E-state index is 5.66. The second-order valence-electron chi connectivity index (χ2n) is 3.53. The maximum Gasteiger partial charge on any atom is 0.296 e. The summed E-state index contributed by atoms with van der Waals surface area (Å²) in [4.78, 5) is 8.23. The summed E-state index contributed by atoms with van der Waals surface area (Å²) < 4.78 is 5.48. The zero-order valence-corrected chi connectivity index (χ0v) is 8.84. The lowest BCUT2D eigenvalue weighted by atomic mass is 10.3. The van der Waals surface area contributed by atoms with Gasteiger partial charge in [0.2, 0.25) is 0 Å². The van der Waals surface area contributed by atoms with Crippen molar-refractivity contribution >= 4 is 22.8 Å². The lowest BCUT2D eigenvalue weighted by Crippen LogP contribution is -2.01. The van der Waals surface area contributed by atoms with E-state index in [4.69, 9.17) is 10.2 Å². The van der Waals surface area contributed by atoms with Crippen LogP contribution in [0.5, 0.6) is 0 Å². The number of aromatic nitrogens is 4. The molecule has 0 atom stereocenters. The van der Waals surface area contributed by atoms with Gasteiger partial charge in [-0.3, -0.25) is 5.10 Å². The highest BCUT2D eigenvalue weighted by Gasteiger charge is 2.05. The van der Waals surface area contributed by atoms with E-state index in [9.17, 15) is 0 Å². The number of anilines is 2. The summed E-state index contributed by atoms with van der Waals surface area (Å²) >= 11 is 0. The van der Waals surface area contributed by atoms with Crippen LogP contribution in [-0.4, -0.2) is 20.2 Å². The third-order valence-corrected chi connectivity index (χ3v) is 2.28. The molecule has 0 fully saturated rings. The number of hydrogen-bond donors (Lipinski definition) is 3. The quantitative estimate of drug-likeness (QED) is 0.582. The van der Waals surface area contributed by atoms with Crippen molar-refractivity contribution < 1.29 is 4.42 Å². The molecule has 86 valence electrons. The van der Waals surface area contributed by atoms with Crippen LogP contribution < -0.4 is 11.1 Å². The number of aromatic amines is 1. The third-order valence-electron chi connectivity index (χ3n) is 2.28. The molecule has 0 bridgehead atoms. The number of nitrogen functional groups attached to an aromatic ring is 1. The fraction of sp³-hybridized carbons (Fsp3) is 0.100. The smallest absolute Gasteiger partial charge is 0.296 e. The van der Waals surface area contributed by atoms with Gasteiger partial charge in [0, 0.05) is 5.69 Å². The summed E-state index contributed by atoms with van der Waals surface area (Å²) in [5.74, 6) is 0.715. The minimum absolute atomic E-state index is 0.432. The molecular formula is C10H10N6O. The van der Waals surface area contributed by atoms with E-state index in [1.54, 1.807) is 18.2 Å². The number of nitrogens with zero attached hydrogens (tertiary/aromatic N) is 3. The van der Waals surface area contributed by atoms with Gasteiger partial charge in [-0.15, -0.1) is 0 Å². The Morgan fingerprint density at radius 3 is 3.18 bits per heavy atom. The average molecular weight is 230 g/mol. The number of benzene rings is 1. The van der Waals surface area contributed by atoms with Gasteiger partial charge in [0.25, 0.3) is 6.01 Å². The van der Waals surface area contributed by atoms with Crippen LogP contribution in [0.25, 0.3) is 11.1 Å². The molecule has 0 radical (unpaired) electrons. The molecule has 2 aromatic heterocycles. The topological polar surface area (TPSA) is 106 Å². The number of rotatable bonds is 3. The van der Waals surface area contributed by atoms with Gasteiger partial charge in [0.1, 0.15) is 17.7 Å². The molecule has 0 unspecified atom stereocenters. The summed E-state index contributed by atoms with van der Waals surface area (Å²) in [6.45, 7) is 0.475. The Hall–Kier alpha value is -2.57. The van der Waals surface area contributed by atoms with E-state index in [-0.39, 0.29) is 0 Å². The van der Waals surface area contributed by atoms with Gasteiger partial charge in [0.05, 0.1) is 6.54 Å². The predicted octanol–water partition coefficient (Wildman–Crippen LogP) is 1.14. The molecule has 0 aliphatic carbocycles. The monoisotopic (exact) mass is 230 g/mol.